The zero-order valence-corrected chi connectivity index (χ0v) is 26.3. The molecule has 4 heteroatoms. The molecule has 0 aromatic rings. The Labute approximate surface area is 272 Å². The van der Waals surface area contributed by atoms with Gasteiger partial charge in [-0.05, 0) is 64.2 Å². The van der Waals surface area contributed by atoms with Crippen molar-refractivity contribution in [1.82, 2.24) is 0 Å². The van der Waals surface area contributed by atoms with E-state index in [1.807, 2.05) is 0 Å². The van der Waals surface area contributed by atoms with E-state index >= 15 is 0 Å². The van der Waals surface area contributed by atoms with E-state index in [1.165, 1.54) is 128 Å². The molecular formula is C36H67NaO3. The molecule has 0 fully saturated rings. The fourth-order valence-electron chi connectivity index (χ4n) is 4.91. The first-order chi connectivity index (χ1) is 19.2. The summed E-state index contributed by atoms with van der Waals surface area (Å²) in [6.07, 6.45) is 42.2. The van der Waals surface area contributed by atoms with Gasteiger partial charge in [-0.2, -0.15) is 0 Å². The number of rotatable bonds is 30. The van der Waals surface area contributed by atoms with Crippen LogP contribution in [0.4, 0.5) is 0 Å². The van der Waals surface area contributed by atoms with Gasteiger partial charge in [0.15, 0.2) is 0 Å². The van der Waals surface area contributed by atoms with Crippen LogP contribution >= 0.6 is 0 Å². The van der Waals surface area contributed by atoms with E-state index < -0.39 is 0 Å². The van der Waals surface area contributed by atoms with Gasteiger partial charge in [0, 0.05) is 12.8 Å². The normalized spacial score (nSPS) is 11.3. The van der Waals surface area contributed by atoms with Crippen LogP contribution in [0.2, 0.25) is 0 Å². The van der Waals surface area contributed by atoms with Crippen LogP contribution in [-0.4, -0.2) is 41.5 Å². The van der Waals surface area contributed by atoms with Crippen LogP contribution in [-0.2, 0) is 14.3 Å². The van der Waals surface area contributed by atoms with Crippen molar-refractivity contribution in [3.63, 3.8) is 0 Å². The van der Waals surface area contributed by atoms with Crippen molar-refractivity contribution in [2.45, 2.75) is 194 Å². The third-order valence-corrected chi connectivity index (χ3v) is 7.51. The van der Waals surface area contributed by atoms with E-state index in [0.717, 1.165) is 38.5 Å². The molecule has 0 saturated heterocycles. The fourth-order valence-corrected chi connectivity index (χ4v) is 4.91. The Morgan fingerprint density at radius 1 is 0.400 bits per heavy atom. The van der Waals surface area contributed by atoms with Gasteiger partial charge in [-0.3, -0.25) is 9.59 Å². The number of hydrogen-bond donors (Lipinski definition) is 0. The topological polar surface area (TPSA) is 43.4 Å². The van der Waals surface area contributed by atoms with Crippen molar-refractivity contribution in [1.29, 1.82) is 0 Å². The van der Waals surface area contributed by atoms with E-state index in [2.05, 4.69) is 38.2 Å². The maximum absolute atomic E-state index is 11.9. The van der Waals surface area contributed by atoms with Crippen molar-refractivity contribution in [2.75, 3.05) is 0 Å². The third-order valence-electron chi connectivity index (χ3n) is 7.51. The molecule has 230 valence electrons. The van der Waals surface area contributed by atoms with Gasteiger partial charge < -0.3 is 4.74 Å². The number of carbonyl (C=O) groups excluding carboxylic acids is 2. The van der Waals surface area contributed by atoms with E-state index in [-0.39, 0.29) is 41.5 Å². The summed E-state index contributed by atoms with van der Waals surface area (Å²) in [5.74, 6) is -0.684. The minimum absolute atomic E-state index is 0. The van der Waals surface area contributed by atoms with Crippen molar-refractivity contribution in [3.05, 3.63) is 24.3 Å². The van der Waals surface area contributed by atoms with Crippen LogP contribution in [0.3, 0.4) is 0 Å². The van der Waals surface area contributed by atoms with Crippen molar-refractivity contribution in [2.24, 2.45) is 0 Å². The molecule has 0 unspecified atom stereocenters. The summed E-state index contributed by atoms with van der Waals surface area (Å²) in [6.45, 7) is 4.53. The van der Waals surface area contributed by atoms with Crippen molar-refractivity contribution >= 4 is 41.5 Å². The monoisotopic (exact) mass is 570 g/mol. The quantitative estimate of drug-likeness (QED) is 0.0283. The molecule has 3 nitrogen and oxygen atoms in total. The van der Waals surface area contributed by atoms with E-state index in [1.54, 1.807) is 0 Å². The summed E-state index contributed by atoms with van der Waals surface area (Å²) in [6, 6.07) is 0. The summed E-state index contributed by atoms with van der Waals surface area (Å²) < 4.78 is 4.99. The van der Waals surface area contributed by atoms with Gasteiger partial charge >= 0.3 is 41.5 Å². The molecule has 0 aromatic carbocycles. The first-order valence-electron chi connectivity index (χ1n) is 17.2. The average molecular weight is 571 g/mol. The average Bonchev–Trinajstić information content (AvgIpc) is 2.93. The van der Waals surface area contributed by atoms with E-state index in [9.17, 15) is 9.59 Å². The second-order valence-electron chi connectivity index (χ2n) is 11.5. The Morgan fingerprint density at radius 3 is 0.950 bits per heavy atom. The predicted octanol–water partition coefficient (Wildman–Crippen LogP) is 11.5. The van der Waals surface area contributed by atoms with Crippen LogP contribution in [0.5, 0.6) is 0 Å². The van der Waals surface area contributed by atoms with Gasteiger partial charge in [0.2, 0.25) is 0 Å². The number of esters is 2. The SMILES string of the molecule is CCCCCCCC/C=C\CCCCCCCC(=O)OC(=O)CCCCCCC/C=C\CCCCCCCC.[NaH]. The molecule has 0 aliphatic rings. The second-order valence-corrected chi connectivity index (χ2v) is 11.5. The second kappa shape index (κ2) is 36.6. The van der Waals surface area contributed by atoms with Crippen LogP contribution < -0.4 is 0 Å². The Morgan fingerprint density at radius 2 is 0.650 bits per heavy atom. The summed E-state index contributed by atoms with van der Waals surface area (Å²) in [4.78, 5) is 23.8. The Balaban J connectivity index is 0. The number of unbranched alkanes of at least 4 members (excludes halogenated alkanes) is 22. The molecule has 0 spiro atoms. The zero-order valence-electron chi connectivity index (χ0n) is 26.3. The van der Waals surface area contributed by atoms with Crippen LogP contribution in [0, 0.1) is 0 Å². The van der Waals surface area contributed by atoms with Gasteiger partial charge in [-0.1, -0.05) is 141 Å². The van der Waals surface area contributed by atoms with Gasteiger partial charge in [0.1, 0.15) is 0 Å². The summed E-state index contributed by atoms with van der Waals surface area (Å²) >= 11 is 0. The Hall–Kier alpha value is -0.380. The zero-order chi connectivity index (χ0) is 28.5. The molecule has 0 atom stereocenters. The van der Waals surface area contributed by atoms with E-state index in [0.29, 0.717) is 12.8 Å². The van der Waals surface area contributed by atoms with Gasteiger partial charge in [0.05, 0.1) is 0 Å². The summed E-state index contributed by atoms with van der Waals surface area (Å²) in [5.41, 5.74) is 0. The first-order valence-corrected chi connectivity index (χ1v) is 17.2. The number of hydrogen-bond acceptors (Lipinski definition) is 3. The molecule has 0 aliphatic carbocycles. The minimum atomic E-state index is -0.342. The van der Waals surface area contributed by atoms with Gasteiger partial charge in [-0.15, -0.1) is 0 Å². The fraction of sp³-hybridized carbons (Fsp3) is 0.833. The van der Waals surface area contributed by atoms with Gasteiger partial charge in [-0.25, -0.2) is 0 Å². The van der Waals surface area contributed by atoms with Crippen LogP contribution in [0.15, 0.2) is 24.3 Å². The van der Waals surface area contributed by atoms with Gasteiger partial charge in [0.25, 0.3) is 0 Å². The standard InChI is InChI=1S/C36H66O3.Na.H/c1-3-5-7-9-11-13-15-17-19-21-23-25-27-29-31-33-35(37)39-36(38)34-32-30-28-26-24-22-20-18-16-14-12-10-8-6-4-2;;/h17-20H,3-16,21-34H2,1-2H3;;/b19-17-,20-18-;;. The molecule has 0 amide bonds. The number of allylic oxidation sites excluding steroid dienone is 4. The van der Waals surface area contributed by atoms with E-state index in [4.69, 9.17) is 4.74 Å². The molecule has 40 heavy (non-hydrogen) atoms. The third kappa shape index (κ3) is 35.6. The molecule has 0 rings (SSSR count). The maximum atomic E-state index is 11.9. The number of ether oxygens (including phenoxy) is 1. The molecule has 0 heterocycles. The van der Waals surface area contributed by atoms with Crippen LogP contribution in [0.25, 0.3) is 0 Å². The Kier molecular flexibility index (Phi) is 38.3. The van der Waals surface area contributed by atoms with Crippen molar-refractivity contribution in [3.8, 4) is 0 Å². The predicted molar refractivity (Wildman–Crippen MR) is 177 cm³/mol. The number of carbonyl (C=O) groups is 2. The molecule has 0 N–H and O–H groups in total. The molecule has 0 bridgehead atoms. The summed E-state index contributed by atoms with van der Waals surface area (Å²) in [7, 11) is 0. The first kappa shape index (κ1) is 41.8. The Bertz CT molecular complexity index is 535. The van der Waals surface area contributed by atoms with Crippen LogP contribution in [0.1, 0.15) is 194 Å². The molecule has 0 aliphatic heterocycles. The molecule has 0 saturated carbocycles. The summed E-state index contributed by atoms with van der Waals surface area (Å²) in [5, 5.41) is 0. The molecule has 0 aromatic heterocycles. The van der Waals surface area contributed by atoms with Crippen molar-refractivity contribution < 1.29 is 14.3 Å². The molecule has 0 radical (unpaired) electrons. The molecular weight excluding hydrogens is 503 g/mol.